The number of ether oxygens (including phenoxy) is 1. The molecule has 2 aromatic carbocycles. The second kappa shape index (κ2) is 8.15. The second-order valence-corrected chi connectivity index (χ2v) is 8.26. The summed E-state index contributed by atoms with van der Waals surface area (Å²) in [7, 11) is 1.77. The average Bonchev–Trinajstić information content (AvgIpc) is 3.44. The number of fused-ring (bicyclic) bond motifs is 3. The number of carbonyl (C=O) groups excluding carboxylic acids is 1. The molecule has 0 spiro atoms. The molecule has 0 unspecified atom stereocenters. The molecular weight excluding hydrogens is 395 g/mol. The van der Waals surface area contributed by atoms with Gasteiger partial charge in [0.1, 0.15) is 23.9 Å². The largest absolute Gasteiger partial charge is 0.492 e. The van der Waals surface area contributed by atoms with E-state index in [-0.39, 0.29) is 17.8 Å². The highest BCUT2D eigenvalue weighted by molar-refractivity contribution is 5.92. The molecule has 0 saturated carbocycles. The third kappa shape index (κ3) is 3.81. The van der Waals surface area contributed by atoms with Crippen LogP contribution in [0.5, 0.6) is 5.75 Å². The molecule has 5 rings (SSSR count). The highest BCUT2D eigenvalue weighted by Gasteiger charge is 2.46. The fourth-order valence-corrected chi connectivity index (χ4v) is 4.97. The molecule has 7 heteroatoms. The summed E-state index contributed by atoms with van der Waals surface area (Å²) in [6, 6.07) is 16.3. The topological polar surface area (TPSA) is 59.4 Å². The number of nitrogens with one attached hydrogen (secondary N) is 1. The fraction of sp³-hybridized carbons (Fsp3) is 0.333. The molecular formula is C24H25FN4O2. The van der Waals surface area contributed by atoms with Gasteiger partial charge in [0.2, 0.25) is 0 Å². The number of carbonyl (C=O) groups is 1. The maximum absolute atomic E-state index is 13.3. The Morgan fingerprint density at radius 3 is 2.77 bits per heavy atom. The van der Waals surface area contributed by atoms with Crippen LogP contribution in [0.2, 0.25) is 0 Å². The van der Waals surface area contributed by atoms with Gasteiger partial charge < -0.3 is 10.1 Å². The summed E-state index contributed by atoms with van der Waals surface area (Å²) in [4.78, 5) is 15.3. The van der Waals surface area contributed by atoms with Gasteiger partial charge in [0.15, 0.2) is 0 Å². The lowest BCUT2D eigenvalue weighted by atomic mass is 9.94. The normalized spacial score (nSPS) is 22.2. The van der Waals surface area contributed by atoms with Gasteiger partial charge in [0, 0.05) is 50.8 Å². The van der Waals surface area contributed by atoms with Crippen molar-refractivity contribution in [3.63, 3.8) is 0 Å². The van der Waals surface area contributed by atoms with E-state index < -0.39 is 0 Å². The Hall–Kier alpha value is -3.19. The first-order chi connectivity index (χ1) is 15.1. The number of amides is 1. The molecule has 1 aromatic heterocycles. The van der Waals surface area contributed by atoms with Crippen molar-refractivity contribution in [1.29, 1.82) is 0 Å². The van der Waals surface area contributed by atoms with Crippen molar-refractivity contribution in [3.8, 4) is 5.75 Å². The zero-order chi connectivity index (χ0) is 21.4. The smallest absolute Gasteiger partial charge is 0.270 e. The van der Waals surface area contributed by atoms with Crippen molar-refractivity contribution >= 4 is 5.91 Å². The second-order valence-electron chi connectivity index (χ2n) is 8.26. The van der Waals surface area contributed by atoms with Crippen LogP contribution in [-0.2, 0) is 7.05 Å². The van der Waals surface area contributed by atoms with Crippen LogP contribution in [0.3, 0.4) is 0 Å². The number of halogens is 1. The van der Waals surface area contributed by atoms with Crippen molar-refractivity contribution in [3.05, 3.63) is 83.4 Å². The first-order valence-corrected chi connectivity index (χ1v) is 10.6. The van der Waals surface area contributed by atoms with Crippen LogP contribution in [0, 0.1) is 11.7 Å². The summed E-state index contributed by atoms with van der Waals surface area (Å²) in [5.74, 6) is 0.835. The van der Waals surface area contributed by atoms with E-state index in [4.69, 9.17) is 4.74 Å². The SMILES string of the molecule is Cn1nccc1C(=O)N[C@@H]1c2ccccc2[C@@H]2CN(CCOc3cccc(F)c3)C[C@H]12. The molecule has 1 aliphatic carbocycles. The molecule has 31 heavy (non-hydrogen) atoms. The standard InChI is InChI=1S/C24H25FN4O2/c1-28-22(9-10-26-28)24(30)27-23-19-8-3-2-7-18(19)20-14-29(15-21(20)23)11-12-31-17-6-4-5-16(25)13-17/h2-10,13,20-21,23H,11-12,14-15H2,1H3,(H,27,30)/t20-,21-,23+/m0/s1. The van der Waals surface area contributed by atoms with E-state index >= 15 is 0 Å². The Balaban J connectivity index is 1.27. The lowest BCUT2D eigenvalue weighted by Gasteiger charge is -2.23. The number of benzene rings is 2. The molecule has 1 fully saturated rings. The Morgan fingerprint density at radius 1 is 1.16 bits per heavy atom. The lowest BCUT2D eigenvalue weighted by molar-refractivity contribution is 0.0914. The van der Waals surface area contributed by atoms with Crippen molar-refractivity contribution in [2.24, 2.45) is 13.0 Å². The van der Waals surface area contributed by atoms with Crippen LogP contribution >= 0.6 is 0 Å². The summed E-state index contributed by atoms with van der Waals surface area (Å²) in [5, 5.41) is 7.37. The monoisotopic (exact) mass is 420 g/mol. The summed E-state index contributed by atoms with van der Waals surface area (Å²) in [6.45, 7) is 3.05. The van der Waals surface area contributed by atoms with Crippen LogP contribution in [0.25, 0.3) is 0 Å². The maximum atomic E-state index is 13.3. The highest BCUT2D eigenvalue weighted by atomic mass is 19.1. The van der Waals surface area contributed by atoms with E-state index in [2.05, 4.69) is 33.5 Å². The third-order valence-corrected chi connectivity index (χ3v) is 6.41. The van der Waals surface area contributed by atoms with Gasteiger partial charge >= 0.3 is 0 Å². The van der Waals surface area contributed by atoms with Gasteiger partial charge in [-0.3, -0.25) is 14.4 Å². The van der Waals surface area contributed by atoms with Crippen molar-refractivity contribution < 1.29 is 13.9 Å². The zero-order valence-electron chi connectivity index (χ0n) is 17.4. The average molecular weight is 420 g/mol. The van der Waals surface area contributed by atoms with Gasteiger partial charge in [0.25, 0.3) is 5.91 Å². The summed E-state index contributed by atoms with van der Waals surface area (Å²) in [6.07, 6.45) is 1.64. The lowest BCUT2D eigenvalue weighted by Crippen LogP contribution is -2.35. The van der Waals surface area contributed by atoms with E-state index in [0.29, 0.717) is 29.9 Å². The third-order valence-electron chi connectivity index (χ3n) is 6.41. The van der Waals surface area contributed by atoms with Crippen LogP contribution in [0.1, 0.15) is 33.6 Å². The van der Waals surface area contributed by atoms with Gasteiger partial charge in [-0.05, 0) is 29.3 Å². The Bertz CT molecular complexity index is 1100. The van der Waals surface area contributed by atoms with Crippen LogP contribution in [0.15, 0.2) is 60.8 Å². The Labute approximate surface area is 180 Å². The van der Waals surface area contributed by atoms with E-state index in [0.717, 1.165) is 19.6 Å². The van der Waals surface area contributed by atoms with E-state index in [1.165, 1.54) is 23.3 Å². The number of aromatic nitrogens is 2. The fourth-order valence-electron chi connectivity index (χ4n) is 4.97. The summed E-state index contributed by atoms with van der Waals surface area (Å²) < 4.78 is 20.7. The Morgan fingerprint density at radius 2 is 2.00 bits per heavy atom. The first-order valence-electron chi connectivity index (χ1n) is 10.6. The minimum Gasteiger partial charge on any atom is -0.492 e. The van der Waals surface area contributed by atoms with Gasteiger partial charge in [-0.1, -0.05) is 30.3 Å². The van der Waals surface area contributed by atoms with Crippen LogP contribution in [0.4, 0.5) is 4.39 Å². The first kappa shape index (κ1) is 19.8. The molecule has 2 aliphatic rings. The van der Waals surface area contributed by atoms with Gasteiger partial charge in [-0.2, -0.15) is 5.10 Å². The van der Waals surface area contributed by atoms with Crippen molar-refractivity contribution in [2.75, 3.05) is 26.2 Å². The molecule has 1 N–H and O–H groups in total. The number of aryl methyl sites for hydroxylation is 1. The molecule has 2 heterocycles. The molecule has 3 atom stereocenters. The molecule has 1 saturated heterocycles. The van der Waals surface area contributed by atoms with E-state index in [1.54, 1.807) is 36.1 Å². The van der Waals surface area contributed by atoms with Gasteiger partial charge in [-0.25, -0.2) is 4.39 Å². The molecule has 160 valence electrons. The predicted octanol–water partition coefficient (Wildman–Crippen LogP) is 3.14. The number of nitrogens with zero attached hydrogens (tertiary/aromatic N) is 3. The molecule has 6 nitrogen and oxygen atoms in total. The Kier molecular flexibility index (Phi) is 5.19. The van der Waals surface area contributed by atoms with Gasteiger partial charge in [-0.15, -0.1) is 0 Å². The summed E-state index contributed by atoms with van der Waals surface area (Å²) >= 11 is 0. The molecule has 0 bridgehead atoms. The molecule has 1 aliphatic heterocycles. The number of hydrogen-bond acceptors (Lipinski definition) is 4. The van der Waals surface area contributed by atoms with E-state index in [1.807, 2.05) is 6.07 Å². The minimum atomic E-state index is -0.295. The van der Waals surface area contributed by atoms with Crippen LogP contribution < -0.4 is 10.1 Å². The van der Waals surface area contributed by atoms with Crippen molar-refractivity contribution in [1.82, 2.24) is 20.0 Å². The number of likely N-dealkylation sites (tertiary alicyclic amines) is 1. The quantitative estimate of drug-likeness (QED) is 0.666. The highest BCUT2D eigenvalue weighted by Crippen LogP contribution is 2.49. The zero-order valence-corrected chi connectivity index (χ0v) is 17.4. The number of hydrogen-bond donors (Lipinski definition) is 1. The molecule has 3 aromatic rings. The van der Waals surface area contributed by atoms with Crippen LogP contribution in [-0.4, -0.2) is 46.8 Å². The number of rotatable bonds is 6. The summed E-state index contributed by atoms with van der Waals surface area (Å²) in [5.41, 5.74) is 3.08. The maximum Gasteiger partial charge on any atom is 0.270 e. The predicted molar refractivity (Wildman–Crippen MR) is 114 cm³/mol. The molecule has 0 radical (unpaired) electrons. The molecule has 1 amide bonds. The van der Waals surface area contributed by atoms with Gasteiger partial charge in [0.05, 0.1) is 6.04 Å². The minimum absolute atomic E-state index is 0.0299. The van der Waals surface area contributed by atoms with E-state index in [9.17, 15) is 9.18 Å². The van der Waals surface area contributed by atoms with Crippen molar-refractivity contribution in [2.45, 2.75) is 12.0 Å².